The van der Waals surface area contributed by atoms with Gasteiger partial charge in [-0.05, 0) is 49.9 Å². The molecule has 0 bridgehead atoms. The first-order valence-corrected chi connectivity index (χ1v) is 11.9. The molecular formula is C23H24ClN3O4S. The van der Waals surface area contributed by atoms with E-state index < -0.39 is 11.3 Å². The summed E-state index contributed by atoms with van der Waals surface area (Å²) in [6.07, 6.45) is 3.97. The number of hydrogen-bond donors (Lipinski definition) is 1. The Labute approximate surface area is 194 Å². The molecule has 1 aromatic heterocycles. The van der Waals surface area contributed by atoms with Crippen molar-refractivity contribution in [2.45, 2.75) is 38.8 Å². The largest absolute Gasteiger partial charge is 0.465 e. The van der Waals surface area contributed by atoms with E-state index in [9.17, 15) is 13.6 Å². The van der Waals surface area contributed by atoms with Crippen molar-refractivity contribution in [1.82, 2.24) is 9.78 Å². The minimum atomic E-state index is -2.24. The summed E-state index contributed by atoms with van der Waals surface area (Å²) in [5.41, 5.74) is 4.21. The molecular weight excluding hydrogens is 450 g/mol. The van der Waals surface area contributed by atoms with Crippen LogP contribution in [0.25, 0.3) is 11.1 Å². The second-order valence-electron chi connectivity index (χ2n) is 7.50. The van der Waals surface area contributed by atoms with Gasteiger partial charge in [-0.1, -0.05) is 41.9 Å². The number of fused-ring (bicyclic) bond motifs is 1. The summed E-state index contributed by atoms with van der Waals surface area (Å²) in [5.74, 6) is -0.349. The van der Waals surface area contributed by atoms with Crippen LogP contribution >= 0.6 is 11.6 Å². The smallest absolute Gasteiger partial charge is 0.327 e. The van der Waals surface area contributed by atoms with Crippen molar-refractivity contribution >= 4 is 34.5 Å². The molecule has 0 saturated heterocycles. The summed E-state index contributed by atoms with van der Waals surface area (Å²) < 4.78 is 30.7. The molecule has 1 aliphatic rings. The fourth-order valence-corrected chi connectivity index (χ4v) is 5.15. The Morgan fingerprint density at radius 3 is 2.72 bits per heavy atom. The zero-order valence-corrected chi connectivity index (χ0v) is 19.2. The normalized spacial score (nSPS) is 16.3. The van der Waals surface area contributed by atoms with Crippen LogP contribution in [0.4, 0.5) is 5.69 Å². The lowest BCUT2D eigenvalue weighted by Crippen LogP contribution is -2.33. The minimum absolute atomic E-state index is 0.0324. The molecule has 9 heteroatoms. The molecule has 3 aromatic rings. The molecule has 1 aliphatic carbocycles. The fraction of sp³-hybridized carbons (Fsp3) is 0.304. The Morgan fingerprint density at radius 2 is 2.03 bits per heavy atom. The summed E-state index contributed by atoms with van der Waals surface area (Å²) in [4.78, 5) is 11.9. The van der Waals surface area contributed by atoms with Crippen LogP contribution in [0.3, 0.4) is 0 Å². The number of carbonyl (C=O) groups excluding carboxylic acids is 1. The molecule has 0 amide bonds. The van der Waals surface area contributed by atoms with E-state index in [0.717, 1.165) is 35.2 Å². The molecule has 4 rings (SSSR count). The number of aromatic nitrogens is 2. The van der Waals surface area contributed by atoms with E-state index in [-0.39, 0.29) is 18.6 Å². The lowest BCUT2D eigenvalue weighted by atomic mass is 9.92. The monoisotopic (exact) mass is 473 g/mol. The topological polar surface area (TPSA) is 84.7 Å². The fourth-order valence-electron chi connectivity index (χ4n) is 4.17. The molecule has 0 fully saturated rings. The Hall–Kier alpha value is -2.68. The molecule has 2 aromatic carbocycles. The number of anilines is 1. The maximum Gasteiger partial charge on any atom is 0.327 e. The van der Waals surface area contributed by atoms with Crippen LogP contribution < -0.4 is 4.31 Å². The highest BCUT2D eigenvalue weighted by Gasteiger charge is 2.32. The first kappa shape index (κ1) is 22.5. The molecule has 1 heterocycles. The molecule has 1 N–H and O–H groups in total. The predicted molar refractivity (Wildman–Crippen MR) is 125 cm³/mol. The molecule has 32 heavy (non-hydrogen) atoms. The van der Waals surface area contributed by atoms with Gasteiger partial charge in [0.05, 0.1) is 24.5 Å². The lowest BCUT2D eigenvalue weighted by Gasteiger charge is -2.33. The van der Waals surface area contributed by atoms with Crippen molar-refractivity contribution < 1.29 is 18.3 Å². The number of hydrogen-bond acceptors (Lipinski definition) is 4. The third-order valence-corrected chi connectivity index (χ3v) is 6.70. The van der Waals surface area contributed by atoms with Crippen LogP contribution in [0.1, 0.15) is 37.1 Å². The molecule has 168 valence electrons. The van der Waals surface area contributed by atoms with E-state index in [1.54, 1.807) is 17.8 Å². The van der Waals surface area contributed by atoms with Gasteiger partial charge in [0.2, 0.25) is 0 Å². The van der Waals surface area contributed by atoms with E-state index in [0.29, 0.717) is 23.7 Å². The van der Waals surface area contributed by atoms with Gasteiger partial charge in [0.25, 0.3) is 11.3 Å². The lowest BCUT2D eigenvalue weighted by molar-refractivity contribution is -0.144. The van der Waals surface area contributed by atoms with Gasteiger partial charge in [-0.3, -0.25) is 18.3 Å². The highest BCUT2D eigenvalue weighted by Crippen LogP contribution is 2.38. The number of carbonyl (C=O) groups is 1. The van der Waals surface area contributed by atoms with Gasteiger partial charge in [-0.2, -0.15) is 5.10 Å². The summed E-state index contributed by atoms with van der Waals surface area (Å²) in [7, 11) is 0. The third-order valence-electron chi connectivity index (χ3n) is 5.57. The number of benzene rings is 2. The minimum Gasteiger partial charge on any atom is -0.465 e. The number of ether oxygens (including phenoxy) is 1. The average Bonchev–Trinajstić information content (AvgIpc) is 3.18. The Balaban J connectivity index is 1.63. The van der Waals surface area contributed by atoms with Gasteiger partial charge in [0, 0.05) is 21.8 Å². The Morgan fingerprint density at radius 1 is 1.28 bits per heavy atom. The first-order valence-electron chi connectivity index (χ1n) is 10.4. The van der Waals surface area contributed by atoms with Gasteiger partial charge in [-0.25, -0.2) is 4.21 Å². The summed E-state index contributed by atoms with van der Waals surface area (Å²) in [6.45, 7) is 2.11. The highest BCUT2D eigenvalue weighted by atomic mass is 35.5. The summed E-state index contributed by atoms with van der Waals surface area (Å²) in [5, 5.41) is 5.01. The zero-order chi connectivity index (χ0) is 22.7. The molecule has 0 spiro atoms. The standard InChI is InChI=1S/C23H24ClN3O4S/c1-2-31-23(28)15-26-21-8-5-9-22(19(21)14-25-26)27(32(29)30)17-12-10-16(11-13-17)18-6-3-4-7-20(18)24/h3-4,6-7,10-14,22H,2,5,8-9,15H2,1H3,(H,29,30). The van der Waals surface area contributed by atoms with Crippen LogP contribution in [0.15, 0.2) is 54.7 Å². The van der Waals surface area contributed by atoms with E-state index in [2.05, 4.69) is 5.10 Å². The van der Waals surface area contributed by atoms with E-state index in [1.165, 1.54) is 4.31 Å². The third kappa shape index (κ3) is 4.57. The molecule has 2 unspecified atom stereocenters. The van der Waals surface area contributed by atoms with Crippen LogP contribution in [-0.2, 0) is 33.8 Å². The number of halogens is 1. The second-order valence-corrected chi connectivity index (χ2v) is 8.76. The van der Waals surface area contributed by atoms with Crippen molar-refractivity contribution in [3.63, 3.8) is 0 Å². The van der Waals surface area contributed by atoms with Crippen LogP contribution in [0.2, 0.25) is 5.02 Å². The van der Waals surface area contributed by atoms with Gasteiger partial charge in [0.15, 0.2) is 0 Å². The summed E-state index contributed by atoms with van der Waals surface area (Å²) >= 11 is 4.07. The predicted octanol–water partition coefficient (Wildman–Crippen LogP) is 4.79. The highest BCUT2D eigenvalue weighted by molar-refractivity contribution is 7.80. The molecule has 7 nitrogen and oxygen atoms in total. The Kier molecular flexibility index (Phi) is 6.93. The van der Waals surface area contributed by atoms with Crippen molar-refractivity contribution in [2.75, 3.05) is 10.9 Å². The number of esters is 1. The summed E-state index contributed by atoms with van der Waals surface area (Å²) in [6, 6.07) is 14.7. The Bertz CT molecular complexity index is 1130. The van der Waals surface area contributed by atoms with Gasteiger partial charge >= 0.3 is 5.97 Å². The van der Waals surface area contributed by atoms with Crippen molar-refractivity contribution in [2.24, 2.45) is 0 Å². The van der Waals surface area contributed by atoms with E-state index >= 15 is 0 Å². The average molecular weight is 474 g/mol. The number of rotatable bonds is 7. The van der Waals surface area contributed by atoms with E-state index in [1.807, 2.05) is 48.5 Å². The van der Waals surface area contributed by atoms with Crippen LogP contribution in [0.5, 0.6) is 0 Å². The maximum absolute atomic E-state index is 12.4. The molecule has 2 atom stereocenters. The zero-order valence-electron chi connectivity index (χ0n) is 17.6. The van der Waals surface area contributed by atoms with Gasteiger partial charge in [0.1, 0.15) is 6.54 Å². The number of nitrogens with zero attached hydrogens (tertiary/aromatic N) is 3. The van der Waals surface area contributed by atoms with Crippen LogP contribution in [-0.4, -0.2) is 31.1 Å². The quantitative estimate of drug-likeness (QED) is 0.394. The van der Waals surface area contributed by atoms with Crippen molar-refractivity contribution in [3.05, 3.63) is 71.0 Å². The SMILES string of the molecule is CCOC(=O)Cn1ncc2c1CCCC2N(c1ccc(-c2ccccc2Cl)cc1)S(=O)O. The maximum atomic E-state index is 12.4. The van der Waals surface area contributed by atoms with Crippen molar-refractivity contribution in [1.29, 1.82) is 0 Å². The molecule has 0 saturated carbocycles. The van der Waals surface area contributed by atoms with E-state index in [4.69, 9.17) is 16.3 Å². The van der Waals surface area contributed by atoms with Crippen molar-refractivity contribution in [3.8, 4) is 11.1 Å². The van der Waals surface area contributed by atoms with Gasteiger partial charge < -0.3 is 4.74 Å². The first-order chi connectivity index (χ1) is 15.5. The van der Waals surface area contributed by atoms with Gasteiger partial charge in [-0.15, -0.1) is 0 Å². The molecule has 0 aliphatic heterocycles. The van der Waals surface area contributed by atoms with Crippen LogP contribution in [0, 0.1) is 0 Å². The molecule has 0 radical (unpaired) electrons. The second kappa shape index (κ2) is 9.85.